The number of aromatic nitrogens is 1. The van der Waals surface area contributed by atoms with E-state index in [4.69, 9.17) is 15.9 Å². The Bertz CT molecular complexity index is 635. The van der Waals surface area contributed by atoms with E-state index in [-0.39, 0.29) is 5.84 Å². The summed E-state index contributed by atoms with van der Waals surface area (Å²) < 4.78 is 5.91. The van der Waals surface area contributed by atoms with E-state index in [1.165, 1.54) is 0 Å². The maximum absolute atomic E-state index is 7.58. The molecular weight excluding hydrogens is 250 g/mol. The van der Waals surface area contributed by atoms with Gasteiger partial charge in [-0.3, -0.25) is 5.41 Å². The van der Waals surface area contributed by atoms with Gasteiger partial charge in [0.15, 0.2) is 0 Å². The highest BCUT2D eigenvalue weighted by molar-refractivity contribution is 5.97. The van der Waals surface area contributed by atoms with Crippen LogP contribution in [0.5, 0.6) is 11.6 Å². The molecule has 1 aromatic heterocycles. The maximum Gasteiger partial charge on any atom is 0.230 e. The Morgan fingerprint density at radius 2 is 2.05 bits per heavy atom. The molecule has 0 amide bonds. The first-order valence-electron chi connectivity index (χ1n) is 6.57. The first-order valence-corrected chi connectivity index (χ1v) is 6.57. The van der Waals surface area contributed by atoms with E-state index in [1.807, 2.05) is 13.0 Å². The second-order valence-electron chi connectivity index (χ2n) is 5.07. The van der Waals surface area contributed by atoms with E-state index in [1.54, 1.807) is 18.3 Å². The summed E-state index contributed by atoms with van der Waals surface area (Å²) in [4.78, 5) is 4.18. The molecule has 0 aliphatic rings. The highest BCUT2D eigenvalue weighted by atomic mass is 16.5. The van der Waals surface area contributed by atoms with Crippen LogP contribution in [0.1, 0.15) is 36.5 Å². The Morgan fingerprint density at radius 1 is 1.30 bits per heavy atom. The third-order valence-corrected chi connectivity index (χ3v) is 3.06. The lowest BCUT2D eigenvalue weighted by Crippen LogP contribution is -2.13. The van der Waals surface area contributed by atoms with E-state index >= 15 is 0 Å². The molecule has 0 aliphatic carbocycles. The van der Waals surface area contributed by atoms with Gasteiger partial charge in [-0.05, 0) is 42.2 Å². The van der Waals surface area contributed by atoms with Crippen LogP contribution in [0.3, 0.4) is 0 Å². The molecular formula is C16H19N3O. The number of rotatable bonds is 4. The quantitative estimate of drug-likeness (QED) is 0.658. The molecule has 1 heterocycles. The first kappa shape index (κ1) is 14.1. The number of pyridine rings is 1. The van der Waals surface area contributed by atoms with Gasteiger partial charge < -0.3 is 10.5 Å². The highest BCUT2D eigenvalue weighted by Gasteiger charge is 2.13. The normalized spacial score (nSPS) is 10.6. The molecule has 4 nitrogen and oxygen atoms in total. The standard InChI is InChI=1S/C16H19N3O/c1-10(2)12-7-6-11(3)9-14(12)20-16-13(15(17)18)5-4-8-19-16/h4-10H,1-3H3,(H3,17,18). The smallest absolute Gasteiger partial charge is 0.230 e. The van der Waals surface area contributed by atoms with Gasteiger partial charge in [-0.15, -0.1) is 0 Å². The number of nitrogens with zero attached hydrogens (tertiary/aromatic N) is 1. The largest absolute Gasteiger partial charge is 0.438 e. The average Bonchev–Trinajstić information content (AvgIpc) is 2.38. The van der Waals surface area contributed by atoms with E-state index in [9.17, 15) is 0 Å². The number of hydrogen-bond acceptors (Lipinski definition) is 3. The summed E-state index contributed by atoms with van der Waals surface area (Å²) in [6.07, 6.45) is 1.63. The number of ether oxygens (including phenoxy) is 1. The molecule has 4 heteroatoms. The summed E-state index contributed by atoms with van der Waals surface area (Å²) in [6.45, 7) is 6.24. The van der Waals surface area contributed by atoms with Crippen LogP contribution in [0.4, 0.5) is 0 Å². The second-order valence-corrected chi connectivity index (χ2v) is 5.07. The molecule has 2 aromatic rings. The van der Waals surface area contributed by atoms with Gasteiger partial charge in [-0.25, -0.2) is 4.98 Å². The molecule has 0 aliphatic heterocycles. The molecule has 20 heavy (non-hydrogen) atoms. The van der Waals surface area contributed by atoms with Crippen LogP contribution in [0, 0.1) is 12.3 Å². The number of nitrogens with two attached hydrogens (primary N) is 1. The molecule has 0 atom stereocenters. The Hall–Kier alpha value is -2.36. The van der Waals surface area contributed by atoms with Gasteiger partial charge in [0, 0.05) is 6.20 Å². The number of aryl methyl sites for hydroxylation is 1. The van der Waals surface area contributed by atoms with Crippen molar-refractivity contribution in [3.63, 3.8) is 0 Å². The lowest BCUT2D eigenvalue weighted by molar-refractivity contribution is 0.453. The Labute approximate surface area is 119 Å². The molecule has 0 spiro atoms. The van der Waals surface area contributed by atoms with Gasteiger partial charge in [-0.2, -0.15) is 0 Å². The number of benzene rings is 1. The van der Waals surface area contributed by atoms with Crippen molar-refractivity contribution in [2.45, 2.75) is 26.7 Å². The zero-order chi connectivity index (χ0) is 14.7. The van der Waals surface area contributed by atoms with Crippen LogP contribution in [0.25, 0.3) is 0 Å². The van der Waals surface area contributed by atoms with E-state index in [0.29, 0.717) is 17.4 Å². The van der Waals surface area contributed by atoms with Crippen LogP contribution in [-0.2, 0) is 0 Å². The predicted octanol–water partition coefficient (Wildman–Crippen LogP) is 3.59. The molecule has 0 saturated heterocycles. The number of nitrogen functional groups attached to an aromatic ring is 1. The molecule has 1 aromatic carbocycles. The summed E-state index contributed by atoms with van der Waals surface area (Å²) >= 11 is 0. The fourth-order valence-electron chi connectivity index (χ4n) is 1.99. The Balaban J connectivity index is 2.45. The number of amidine groups is 1. The third-order valence-electron chi connectivity index (χ3n) is 3.06. The fourth-order valence-corrected chi connectivity index (χ4v) is 1.99. The second kappa shape index (κ2) is 5.74. The summed E-state index contributed by atoms with van der Waals surface area (Å²) in [6, 6.07) is 9.57. The summed E-state index contributed by atoms with van der Waals surface area (Å²) in [5, 5.41) is 7.58. The van der Waals surface area contributed by atoms with Gasteiger partial charge in [0.25, 0.3) is 0 Å². The monoisotopic (exact) mass is 269 g/mol. The average molecular weight is 269 g/mol. The van der Waals surface area contributed by atoms with Gasteiger partial charge >= 0.3 is 0 Å². The predicted molar refractivity (Wildman–Crippen MR) is 80.6 cm³/mol. The van der Waals surface area contributed by atoms with Crippen molar-refractivity contribution in [2.75, 3.05) is 0 Å². The SMILES string of the molecule is Cc1ccc(C(C)C)c(Oc2ncccc2C(=N)N)c1. The fraction of sp³-hybridized carbons (Fsp3) is 0.250. The first-order chi connectivity index (χ1) is 9.49. The number of hydrogen-bond donors (Lipinski definition) is 2. The van der Waals surface area contributed by atoms with Crippen LogP contribution in [0.2, 0.25) is 0 Å². The topological polar surface area (TPSA) is 72.0 Å². The molecule has 0 unspecified atom stereocenters. The van der Waals surface area contributed by atoms with Crippen molar-refractivity contribution in [2.24, 2.45) is 5.73 Å². The van der Waals surface area contributed by atoms with Gasteiger partial charge in [0.2, 0.25) is 5.88 Å². The molecule has 0 fully saturated rings. The third kappa shape index (κ3) is 2.96. The lowest BCUT2D eigenvalue weighted by atomic mass is 10.0. The van der Waals surface area contributed by atoms with E-state index < -0.39 is 0 Å². The molecule has 2 rings (SSSR count). The Morgan fingerprint density at radius 3 is 2.70 bits per heavy atom. The number of nitrogens with one attached hydrogen (secondary N) is 1. The van der Waals surface area contributed by atoms with Crippen LogP contribution in [0.15, 0.2) is 36.5 Å². The van der Waals surface area contributed by atoms with Crippen molar-refractivity contribution < 1.29 is 4.74 Å². The lowest BCUT2D eigenvalue weighted by Gasteiger charge is -2.15. The van der Waals surface area contributed by atoms with Crippen LogP contribution in [-0.4, -0.2) is 10.8 Å². The van der Waals surface area contributed by atoms with E-state index in [2.05, 4.69) is 31.0 Å². The molecule has 104 valence electrons. The maximum atomic E-state index is 7.58. The van der Waals surface area contributed by atoms with Crippen molar-refractivity contribution in [3.8, 4) is 11.6 Å². The minimum Gasteiger partial charge on any atom is -0.438 e. The minimum absolute atomic E-state index is 0.0492. The molecule has 0 saturated carbocycles. The van der Waals surface area contributed by atoms with Crippen molar-refractivity contribution in [1.29, 1.82) is 5.41 Å². The summed E-state index contributed by atoms with van der Waals surface area (Å²) in [7, 11) is 0. The van der Waals surface area contributed by atoms with Crippen molar-refractivity contribution >= 4 is 5.84 Å². The summed E-state index contributed by atoms with van der Waals surface area (Å²) in [5.41, 5.74) is 8.29. The minimum atomic E-state index is -0.0492. The van der Waals surface area contributed by atoms with Crippen LogP contribution < -0.4 is 10.5 Å². The zero-order valence-corrected chi connectivity index (χ0v) is 12.0. The highest BCUT2D eigenvalue weighted by Crippen LogP contribution is 2.31. The molecule has 0 bridgehead atoms. The van der Waals surface area contributed by atoms with Crippen LogP contribution >= 0.6 is 0 Å². The molecule has 3 N–H and O–H groups in total. The molecule has 0 radical (unpaired) electrons. The van der Waals surface area contributed by atoms with Gasteiger partial charge in [0.05, 0.1) is 5.56 Å². The zero-order valence-electron chi connectivity index (χ0n) is 12.0. The van der Waals surface area contributed by atoms with Gasteiger partial charge in [-0.1, -0.05) is 26.0 Å². The van der Waals surface area contributed by atoms with Gasteiger partial charge in [0.1, 0.15) is 11.6 Å². The Kier molecular flexibility index (Phi) is 4.03. The summed E-state index contributed by atoms with van der Waals surface area (Å²) in [5.74, 6) is 1.43. The van der Waals surface area contributed by atoms with E-state index in [0.717, 1.165) is 16.9 Å². The van der Waals surface area contributed by atoms with Crippen molar-refractivity contribution in [3.05, 3.63) is 53.2 Å². The van der Waals surface area contributed by atoms with Crippen molar-refractivity contribution in [1.82, 2.24) is 4.98 Å².